The Balaban J connectivity index is 1.73. The van der Waals surface area contributed by atoms with Crippen LogP contribution in [0.25, 0.3) is 0 Å². The predicted molar refractivity (Wildman–Crippen MR) is 89.1 cm³/mol. The van der Waals surface area contributed by atoms with Crippen LogP contribution in [-0.4, -0.2) is 22.7 Å². The molecule has 0 bridgehead atoms. The van der Waals surface area contributed by atoms with E-state index in [-0.39, 0.29) is 11.9 Å². The highest BCUT2D eigenvalue weighted by molar-refractivity contribution is 8.01. The Kier molecular flexibility index (Phi) is 3.91. The Bertz CT molecular complexity index is 683. The van der Waals surface area contributed by atoms with Crippen molar-refractivity contribution >= 4 is 39.8 Å². The quantitative estimate of drug-likeness (QED) is 0.883. The molecular weight excluding hydrogens is 302 g/mol. The van der Waals surface area contributed by atoms with Gasteiger partial charge in [-0.15, -0.1) is 11.8 Å². The van der Waals surface area contributed by atoms with Crippen LogP contribution < -0.4 is 10.6 Å². The van der Waals surface area contributed by atoms with Crippen LogP contribution in [0.3, 0.4) is 0 Å². The van der Waals surface area contributed by atoms with Crippen LogP contribution in [0.1, 0.15) is 18.2 Å². The van der Waals surface area contributed by atoms with Crippen molar-refractivity contribution in [3.8, 4) is 0 Å². The van der Waals surface area contributed by atoms with Crippen molar-refractivity contribution in [1.82, 2.24) is 4.98 Å². The lowest BCUT2D eigenvalue weighted by Crippen LogP contribution is -2.36. The molecule has 0 radical (unpaired) electrons. The lowest BCUT2D eigenvalue weighted by molar-refractivity contribution is -0.116. The molecule has 1 aliphatic heterocycles. The number of aryl methyl sites for hydroxylation is 1. The molecule has 2 N–H and O–H groups in total. The lowest BCUT2D eigenvalue weighted by atomic mass is 10.1. The zero-order chi connectivity index (χ0) is 15.0. The van der Waals surface area contributed by atoms with Gasteiger partial charge in [0.05, 0.1) is 15.7 Å². The average Bonchev–Trinajstić information content (AvgIpc) is 2.94. The maximum atomic E-state index is 12.6. The number of rotatable bonds is 3. The van der Waals surface area contributed by atoms with Crippen molar-refractivity contribution in [3.05, 3.63) is 35.5 Å². The van der Waals surface area contributed by atoms with Crippen LogP contribution in [0.2, 0.25) is 0 Å². The van der Waals surface area contributed by atoms with Gasteiger partial charge in [-0.3, -0.25) is 4.79 Å². The van der Waals surface area contributed by atoms with Gasteiger partial charge >= 0.3 is 0 Å². The molecule has 1 aromatic carbocycles. The van der Waals surface area contributed by atoms with Crippen LogP contribution in [0.5, 0.6) is 0 Å². The number of thiazole rings is 1. The highest BCUT2D eigenvalue weighted by Gasteiger charge is 2.30. The first-order valence-electron chi connectivity index (χ1n) is 6.82. The van der Waals surface area contributed by atoms with E-state index in [0.29, 0.717) is 10.9 Å². The van der Waals surface area contributed by atoms with Crippen LogP contribution in [0, 0.1) is 6.92 Å². The highest BCUT2D eigenvalue weighted by Crippen LogP contribution is 2.34. The Hall–Kier alpha value is -1.53. The molecule has 2 aromatic rings. The molecule has 1 unspecified atom stereocenters. The first-order chi connectivity index (χ1) is 10.1. The number of carbonyl (C=O) groups is 1. The first-order valence-corrected chi connectivity index (χ1v) is 8.62. The summed E-state index contributed by atoms with van der Waals surface area (Å²) in [6, 6.07) is 8.36. The van der Waals surface area contributed by atoms with Gasteiger partial charge in [0.2, 0.25) is 5.91 Å². The number of carbonyl (C=O) groups excluding carboxylic acids is 1. The van der Waals surface area contributed by atoms with Crippen molar-refractivity contribution < 1.29 is 4.79 Å². The number of nitrogens with two attached hydrogens (primary N) is 1. The number of amides is 1. The summed E-state index contributed by atoms with van der Waals surface area (Å²) in [5.74, 6) is 0.560. The molecule has 0 spiro atoms. The van der Waals surface area contributed by atoms with Gasteiger partial charge in [0.25, 0.3) is 0 Å². The number of nitrogen functional groups attached to an aromatic ring is 1. The third kappa shape index (κ3) is 2.78. The van der Waals surface area contributed by atoms with Crippen molar-refractivity contribution in [1.29, 1.82) is 0 Å². The Labute approximate surface area is 132 Å². The summed E-state index contributed by atoms with van der Waals surface area (Å²) in [6.45, 7) is 4.02. The number of para-hydroxylation sites is 1. The second-order valence-electron chi connectivity index (χ2n) is 5.16. The number of nitrogens with zero attached hydrogens (tertiary/aromatic N) is 2. The molecule has 1 atom stereocenters. The van der Waals surface area contributed by atoms with Crippen LogP contribution in [0.4, 0.5) is 10.8 Å². The molecule has 2 heterocycles. The molecule has 3 rings (SSSR count). The van der Waals surface area contributed by atoms with E-state index in [4.69, 9.17) is 5.73 Å². The molecule has 21 heavy (non-hydrogen) atoms. The molecule has 1 aromatic heterocycles. The first kappa shape index (κ1) is 14.4. The van der Waals surface area contributed by atoms with Crippen molar-refractivity contribution in [2.24, 2.45) is 0 Å². The van der Waals surface area contributed by atoms with E-state index in [0.717, 1.165) is 22.0 Å². The molecule has 0 fully saturated rings. The molecule has 6 heteroatoms. The smallest absolute Gasteiger partial charge is 0.237 e. The average molecular weight is 319 g/mol. The molecule has 1 aliphatic rings. The van der Waals surface area contributed by atoms with Gasteiger partial charge in [0.15, 0.2) is 5.13 Å². The van der Waals surface area contributed by atoms with E-state index in [1.807, 2.05) is 30.0 Å². The van der Waals surface area contributed by atoms with Gasteiger partial charge in [0.1, 0.15) is 0 Å². The number of aromatic nitrogens is 1. The van der Waals surface area contributed by atoms with E-state index in [1.54, 1.807) is 0 Å². The number of fused-ring (bicyclic) bond motifs is 1. The van der Waals surface area contributed by atoms with E-state index >= 15 is 0 Å². The standard InChI is InChI=1S/C15H17N3OS2/c1-9-7-11-5-3-4-6-12(11)18(9)13(19)8-20-14-10(2)17-15(16)21-14/h3-6,9H,7-8H2,1-2H3,(H2,16,17). The fourth-order valence-electron chi connectivity index (χ4n) is 2.68. The van der Waals surface area contributed by atoms with Crippen molar-refractivity contribution in [3.63, 3.8) is 0 Å². The SMILES string of the molecule is Cc1nc(N)sc1SCC(=O)N1c2ccccc2CC1C. The third-order valence-electron chi connectivity index (χ3n) is 3.57. The second kappa shape index (κ2) is 5.69. The van der Waals surface area contributed by atoms with Gasteiger partial charge in [-0.25, -0.2) is 4.98 Å². The molecule has 4 nitrogen and oxygen atoms in total. The molecule has 0 aliphatic carbocycles. The monoisotopic (exact) mass is 319 g/mol. The number of anilines is 2. The van der Waals surface area contributed by atoms with Crippen molar-refractivity contribution in [2.45, 2.75) is 30.5 Å². The van der Waals surface area contributed by atoms with Gasteiger partial charge in [-0.1, -0.05) is 29.5 Å². The molecular formula is C15H17N3OS2. The largest absolute Gasteiger partial charge is 0.375 e. The predicted octanol–water partition coefficient (Wildman–Crippen LogP) is 3.10. The Morgan fingerprint density at radius 1 is 1.52 bits per heavy atom. The fourth-order valence-corrected chi connectivity index (χ4v) is 4.56. The molecule has 1 amide bonds. The third-order valence-corrected chi connectivity index (χ3v) is 5.91. The van der Waals surface area contributed by atoms with E-state index in [9.17, 15) is 4.79 Å². The van der Waals surface area contributed by atoms with E-state index in [2.05, 4.69) is 18.0 Å². The molecule has 0 saturated heterocycles. The van der Waals surface area contributed by atoms with Crippen molar-refractivity contribution in [2.75, 3.05) is 16.4 Å². The van der Waals surface area contributed by atoms with Crippen LogP contribution in [-0.2, 0) is 11.2 Å². The minimum Gasteiger partial charge on any atom is -0.375 e. The minimum atomic E-state index is 0.142. The zero-order valence-corrected chi connectivity index (χ0v) is 13.6. The summed E-state index contributed by atoms with van der Waals surface area (Å²) in [4.78, 5) is 18.7. The summed E-state index contributed by atoms with van der Waals surface area (Å²) in [7, 11) is 0. The summed E-state index contributed by atoms with van der Waals surface area (Å²) in [5, 5.41) is 0.558. The van der Waals surface area contributed by atoms with Gasteiger partial charge in [0, 0.05) is 11.7 Å². The van der Waals surface area contributed by atoms with E-state index < -0.39 is 0 Å². The maximum Gasteiger partial charge on any atom is 0.237 e. The highest BCUT2D eigenvalue weighted by atomic mass is 32.2. The fraction of sp³-hybridized carbons (Fsp3) is 0.333. The molecule has 110 valence electrons. The zero-order valence-electron chi connectivity index (χ0n) is 12.0. The van der Waals surface area contributed by atoms with Crippen LogP contribution >= 0.6 is 23.1 Å². The summed E-state index contributed by atoms with van der Waals surface area (Å²) in [5.41, 5.74) is 8.90. The number of benzene rings is 1. The van der Waals surface area contributed by atoms with Crippen LogP contribution in [0.15, 0.2) is 28.5 Å². The normalized spacial score (nSPS) is 17.0. The van der Waals surface area contributed by atoms with Gasteiger partial charge < -0.3 is 10.6 Å². The number of hydrogen-bond donors (Lipinski definition) is 1. The van der Waals surface area contributed by atoms with E-state index in [1.165, 1.54) is 28.7 Å². The number of hydrogen-bond acceptors (Lipinski definition) is 5. The summed E-state index contributed by atoms with van der Waals surface area (Å²) in [6.07, 6.45) is 0.930. The molecule has 0 saturated carbocycles. The topological polar surface area (TPSA) is 59.2 Å². The summed E-state index contributed by atoms with van der Waals surface area (Å²) >= 11 is 2.97. The Morgan fingerprint density at radius 3 is 3.00 bits per heavy atom. The van der Waals surface area contributed by atoms with Gasteiger partial charge in [-0.2, -0.15) is 0 Å². The minimum absolute atomic E-state index is 0.142. The number of thioether (sulfide) groups is 1. The summed E-state index contributed by atoms with van der Waals surface area (Å²) < 4.78 is 1.03. The Morgan fingerprint density at radius 2 is 2.29 bits per heavy atom. The second-order valence-corrected chi connectivity index (χ2v) is 7.43. The lowest BCUT2D eigenvalue weighted by Gasteiger charge is -2.22. The van der Waals surface area contributed by atoms with Gasteiger partial charge in [-0.05, 0) is 31.9 Å². The maximum absolute atomic E-state index is 12.6.